The Morgan fingerprint density at radius 2 is 1.68 bits per heavy atom. The van der Waals surface area contributed by atoms with Crippen LogP contribution in [0.15, 0.2) is 66.9 Å². The van der Waals surface area contributed by atoms with Gasteiger partial charge in [0.05, 0.1) is 12.1 Å². The van der Waals surface area contributed by atoms with Gasteiger partial charge in [-0.3, -0.25) is 9.59 Å². The topological polar surface area (TPSA) is 45.6 Å². The Bertz CT molecular complexity index is 1320. The van der Waals surface area contributed by atoms with Crippen molar-refractivity contribution < 1.29 is 22.8 Å². The van der Waals surface area contributed by atoms with Gasteiger partial charge in [0.2, 0.25) is 5.91 Å². The number of amides is 2. The summed E-state index contributed by atoms with van der Waals surface area (Å²) < 4.78 is 41.3. The van der Waals surface area contributed by atoms with Crippen molar-refractivity contribution in [2.24, 2.45) is 0 Å². The lowest BCUT2D eigenvalue weighted by Gasteiger charge is -2.37. The van der Waals surface area contributed by atoms with Crippen LogP contribution in [-0.4, -0.2) is 44.8 Å². The lowest BCUT2D eigenvalue weighted by atomic mass is 9.94. The summed E-state index contributed by atoms with van der Waals surface area (Å²) in [5.74, 6) is -0.616. The SMILES string of the molecule is CCC(C)N(CC(=O)N(Cc1cccn1Cc1ccccc1Cl)C1CCCCC1)C(=O)c1ccc(C(F)(F)F)cc1. The first-order valence-electron chi connectivity index (χ1n) is 14.2. The molecule has 1 aliphatic carbocycles. The van der Waals surface area contributed by atoms with Gasteiger partial charge in [0.25, 0.3) is 5.91 Å². The minimum atomic E-state index is -4.49. The van der Waals surface area contributed by atoms with Crippen LogP contribution < -0.4 is 0 Å². The smallest absolute Gasteiger partial charge is 0.345 e. The second-order valence-corrected chi connectivity index (χ2v) is 11.2. The average Bonchev–Trinajstić information content (AvgIpc) is 3.41. The predicted molar refractivity (Wildman–Crippen MR) is 155 cm³/mol. The monoisotopic (exact) mass is 587 g/mol. The highest BCUT2D eigenvalue weighted by molar-refractivity contribution is 6.31. The van der Waals surface area contributed by atoms with Crippen LogP contribution in [0.4, 0.5) is 13.2 Å². The number of alkyl halides is 3. The van der Waals surface area contributed by atoms with Crippen molar-refractivity contribution in [1.82, 2.24) is 14.4 Å². The van der Waals surface area contributed by atoms with E-state index in [0.29, 0.717) is 24.5 Å². The molecule has 2 amide bonds. The van der Waals surface area contributed by atoms with E-state index < -0.39 is 17.6 Å². The second-order valence-electron chi connectivity index (χ2n) is 10.8. The van der Waals surface area contributed by atoms with Crippen LogP contribution >= 0.6 is 11.6 Å². The minimum absolute atomic E-state index is 0.0554. The van der Waals surface area contributed by atoms with Crippen molar-refractivity contribution in [1.29, 1.82) is 0 Å². The third kappa shape index (κ3) is 7.73. The number of halogens is 4. The molecule has 41 heavy (non-hydrogen) atoms. The Hall–Kier alpha value is -3.26. The first-order valence-corrected chi connectivity index (χ1v) is 14.6. The van der Waals surface area contributed by atoms with Gasteiger partial charge < -0.3 is 14.4 Å². The molecule has 4 rings (SSSR count). The van der Waals surface area contributed by atoms with Crippen LogP contribution in [-0.2, 0) is 24.1 Å². The van der Waals surface area contributed by atoms with Gasteiger partial charge in [-0.05, 0) is 74.2 Å². The summed E-state index contributed by atoms with van der Waals surface area (Å²) in [5, 5.41) is 0.679. The molecule has 220 valence electrons. The van der Waals surface area contributed by atoms with Crippen LogP contribution in [0.3, 0.4) is 0 Å². The Kier molecular flexibility index (Phi) is 10.2. The minimum Gasteiger partial charge on any atom is -0.345 e. The van der Waals surface area contributed by atoms with Crippen molar-refractivity contribution in [2.45, 2.75) is 83.7 Å². The van der Waals surface area contributed by atoms with E-state index in [1.165, 1.54) is 17.0 Å². The van der Waals surface area contributed by atoms with Gasteiger partial charge in [-0.2, -0.15) is 13.2 Å². The van der Waals surface area contributed by atoms with Crippen molar-refractivity contribution in [3.05, 3.63) is 94.3 Å². The molecule has 1 fully saturated rings. The zero-order valence-corrected chi connectivity index (χ0v) is 24.3. The van der Waals surface area contributed by atoms with Gasteiger partial charge in [-0.15, -0.1) is 0 Å². The predicted octanol–water partition coefficient (Wildman–Crippen LogP) is 7.81. The second kappa shape index (κ2) is 13.6. The number of hydrogen-bond acceptors (Lipinski definition) is 2. The molecule has 1 aliphatic rings. The van der Waals surface area contributed by atoms with Crippen molar-refractivity contribution in [3.8, 4) is 0 Å². The highest BCUT2D eigenvalue weighted by Crippen LogP contribution is 2.30. The van der Waals surface area contributed by atoms with Crippen LogP contribution in [0.1, 0.15) is 79.6 Å². The molecular formula is C32H37ClF3N3O2. The largest absolute Gasteiger partial charge is 0.416 e. The van der Waals surface area contributed by atoms with E-state index in [1.54, 1.807) is 0 Å². The van der Waals surface area contributed by atoms with Crippen molar-refractivity contribution in [2.75, 3.05) is 6.54 Å². The van der Waals surface area contributed by atoms with Gasteiger partial charge in [0.1, 0.15) is 6.54 Å². The fourth-order valence-corrected chi connectivity index (χ4v) is 5.59. The van der Waals surface area contributed by atoms with Gasteiger partial charge >= 0.3 is 6.18 Å². The molecule has 2 aromatic carbocycles. The zero-order valence-electron chi connectivity index (χ0n) is 23.5. The van der Waals surface area contributed by atoms with Crippen molar-refractivity contribution >= 4 is 23.4 Å². The third-order valence-electron chi connectivity index (χ3n) is 8.04. The van der Waals surface area contributed by atoms with Gasteiger partial charge in [-0.25, -0.2) is 0 Å². The number of benzene rings is 2. The average molecular weight is 588 g/mol. The van der Waals surface area contributed by atoms with E-state index in [-0.39, 0.29) is 30.1 Å². The quantitative estimate of drug-likeness (QED) is 0.243. The molecule has 0 N–H and O–H groups in total. The summed E-state index contributed by atoms with van der Waals surface area (Å²) in [6.45, 7) is 4.60. The maximum absolute atomic E-state index is 14.0. The van der Waals surface area contributed by atoms with Crippen LogP contribution in [0.5, 0.6) is 0 Å². The lowest BCUT2D eigenvalue weighted by molar-refractivity contribution is -0.137. The molecule has 0 spiro atoms. The first kappa shape index (κ1) is 30.7. The molecule has 1 atom stereocenters. The number of aromatic nitrogens is 1. The number of hydrogen-bond donors (Lipinski definition) is 0. The van der Waals surface area contributed by atoms with Gasteiger partial charge in [-0.1, -0.05) is 56.0 Å². The summed E-state index contributed by atoms with van der Waals surface area (Å²) in [7, 11) is 0. The molecular weight excluding hydrogens is 551 g/mol. The summed E-state index contributed by atoms with van der Waals surface area (Å²) in [6, 6.07) is 15.6. The molecule has 0 radical (unpaired) electrons. The first-order chi connectivity index (χ1) is 19.6. The van der Waals surface area contributed by atoms with Crippen LogP contribution in [0, 0.1) is 0 Å². The zero-order chi connectivity index (χ0) is 29.6. The fraction of sp³-hybridized carbons (Fsp3) is 0.438. The molecule has 3 aromatic rings. The Morgan fingerprint density at radius 1 is 1.00 bits per heavy atom. The molecule has 0 bridgehead atoms. The van der Waals surface area contributed by atoms with Gasteiger partial charge in [0, 0.05) is 41.1 Å². The van der Waals surface area contributed by atoms with E-state index >= 15 is 0 Å². The highest BCUT2D eigenvalue weighted by Gasteiger charge is 2.32. The standard InChI is InChI=1S/C32H37ClF3N3O2/c1-3-23(2)38(31(41)24-15-17-26(18-16-24)32(34,35)36)22-30(40)39(27-11-5-4-6-12-27)21-28-13-9-19-37(28)20-25-10-7-8-14-29(25)33/h7-10,13-19,23,27H,3-6,11-12,20-22H2,1-2H3. The summed E-state index contributed by atoms with van der Waals surface area (Å²) in [4.78, 5) is 30.9. The summed E-state index contributed by atoms with van der Waals surface area (Å²) in [5.41, 5.74) is 1.26. The molecule has 9 heteroatoms. The highest BCUT2D eigenvalue weighted by atomic mass is 35.5. The van der Waals surface area contributed by atoms with E-state index in [1.807, 2.05) is 61.3 Å². The fourth-order valence-electron chi connectivity index (χ4n) is 5.40. The Labute approximate surface area is 244 Å². The molecule has 5 nitrogen and oxygen atoms in total. The lowest BCUT2D eigenvalue weighted by Crippen LogP contribution is -2.49. The van der Waals surface area contributed by atoms with E-state index in [4.69, 9.17) is 11.6 Å². The third-order valence-corrected chi connectivity index (χ3v) is 8.41. The molecule has 1 saturated carbocycles. The summed E-state index contributed by atoms with van der Waals surface area (Å²) in [6.07, 6.45) is 3.08. The normalized spacial score (nSPS) is 15.0. The van der Waals surface area contributed by atoms with E-state index in [2.05, 4.69) is 4.57 Å². The number of nitrogens with zero attached hydrogens (tertiary/aromatic N) is 3. The molecule has 0 aliphatic heterocycles. The molecule has 1 unspecified atom stereocenters. The van der Waals surface area contributed by atoms with Crippen LogP contribution in [0.25, 0.3) is 0 Å². The Balaban J connectivity index is 1.57. The number of carbonyl (C=O) groups is 2. The molecule has 1 aromatic heterocycles. The van der Waals surface area contributed by atoms with E-state index in [0.717, 1.165) is 55.5 Å². The summed E-state index contributed by atoms with van der Waals surface area (Å²) >= 11 is 6.41. The van der Waals surface area contributed by atoms with E-state index in [9.17, 15) is 22.8 Å². The van der Waals surface area contributed by atoms with Crippen LogP contribution in [0.2, 0.25) is 5.02 Å². The number of rotatable bonds is 10. The molecule has 0 saturated heterocycles. The van der Waals surface area contributed by atoms with Crippen molar-refractivity contribution in [3.63, 3.8) is 0 Å². The molecule has 1 heterocycles. The number of carbonyl (C=O) groups excluding carboxylic acids is 2. The van der Waals surface area contributed by atoms with Gasteiger partial charge in [0.15, 0.2) is 0 Å². The Morgan fingerprint density at radius 3 is 2.32 bits per heavy atom. The maximum atomic E-state index is 14.0. The maximum Gasteiger partial charge on any atom is 0.416 e.